The van der Waals surface area contributed by atoms with E-state index in [9.17, 15) is 14.4 Å². The Bertz CT molecular complexity index is 904. The highest BCUT2D eigenvalue weighted by Gasteiger charge is 2.30. The number of nitrogens with one attached hydrogen (secondary N) is 2. The number of nitrogens with zero attached hydrogens (tertiary/aromatic N) is 2. The molecule has 0 bridgehead atoms. The lowest BCUT2D eigenvalue weighted by Crippen LogP contribution is -2.51. The molecule has 0 aliphatic carbocycles. The van der Waals surface area contributed by atoms with Crippen molar-refractivity contribution in [2.75, 3.05) is 19.6 Å². The van der Waals surface area contributed by atoms with E-state index in [0.29, 0.717) is 19.1 Å². The summed E-state index contributed by atoms with van der Waals surface area (Å²) < 4.78 is 0. The molecule has 1 atom stereocenters. The maximum absolute atomic E-state index is 12.7. The van der Waals surface area contributed by atoms with Crippen LogP contribution in [0.2, 0.25) is 0 Å². The number of hydrogen-bond donors (Lipinski definition) is 2. The van der Waals surface area contributed by atoms with Crippen molar-refractivity contribution in [3.63, 3.8) is 0 Å². The van der Waals surface area contributed by atoms with Crippen LogP contribution in [0.25, 0.3) is 0 Å². The van der Waals surface area contributed by atoms with Gasteiger partial charge in [-0.1, -0.05) is 24.3 Å². The topological polar surface area (TPSA) is 89.3 Å². The first-order valence-electron chi connectivity index (χ1n) is 9.04. The molecule has 1 aromatic heterocycles. The van der Waals surface area contributed by atoms with E-state index < -0.39 is 11.2 Å². The molecule has 7 heteroatoms. The zero-order chi connectivity index (χ0) is 18.1. The quantitative estimate of drug-likeness (QED) is 0.832. The Morgan fingerprint density at radius 3 is 2.69 bits per heavy atom. The Morgan fingerprint density at radius 1 is 1.08 bits per heavy atom. The van der Waals surface area contributed by atoms with Crippen LogP contribution in [0.15, 0.2) is 39.9 Å². The van der Waals surface area contributed by atoms with E-state index in [2.05, 4.69) is 39.1 Å². The molecule has 26 heavy (non-hydrogen) atoms. The number of likely N-dealkylation sites (tertiary alicyclic amines) is 1. The Kier molecular flexibility index (Phi) is 4.46. The molecule has 0 unspecified atom stereocenters. The largest absolute Gasteiger partial charge is 0.336 e. The van der Waals surface area contributed by atoms with Crippen LogP contribution in [0, 0.1) is 0 Å². The zero-order valence-electron chi connectivity index (χ0n) is 14.5. The van der Waals surface area contributed by atoms with Gasteiger partial charge in [-0.3, -0.25) is 19.5 Å². The molecule has 4 rings (SSSR count). The van der Waals surface area contributed by atoms with Crippen molar-refractivity contribution in [3.05, 3.63) is 68.0 Å². The van der Waals surface area contributed by atoms with Crippen molar-refractivity contribution in [2.45, 2.75) is 31.8 Å². The summed E-state index contributed by atoms with van der Waals surface area (Å²) in [5.41, 5.74) is 1.62. The van der Waals surface area contributed by atoms with Gasteiger partial charge in [-0.25, -0.2) is 4.79 Å². The van der Waals surface area contributed by atoms with Gasteiger partial charge in [0.05, 0.1) is 0 Å². The number of H-pyrrole nitrogens is 2. The third-order valence-electron chi connectivity index (χ3n) is 5.35. The normalized spacial score (nSPS) is 20.6. The lowest BCUT2D eigenvalue weighted by atomic mass is 9.96. The van der Waals surface area contributed by atoms with Gasteiger partial charge >= 0.3 is 5.69 Å². The Hall–Kier alpha value is -2.67. The van der Waals surface area contributed by atoms with Crippen LogP contribution in [0.3, 0.4) is 0 Å². The molecule has 1 saturated heterocycles. The Morgan fingerprint density at radius 2 is 1.88 bits per heavy atom. The van der Waals surface area contributed by atoms with Crippen LogP contribution >= 0.6 is 0 Å². The first kappa shape index (κ1) is 16.8. The highest BCUT2D eigenvalue weighted by Crippen LogP contribution is 2.24. The monoisotopic (exact) mass is 354 g/mol. The van der Waals surface area contributed by atoms with Crippen LogP contribution in [0.1, 0.15) is 34.5 Å². The molecule has 2 aromatic rings. The fraction of sp³-hybridized carbons (Fsp3) is 0.421. The fourth-order valence-corrected chi connectivity index (χ4v) is 4.02. The average Bonchev–Trinajstić information content (AvgIpc) is 2.66. The maximum atomic E-state index is 12.7. The van der Waals surface area contributed by atoms with Gasteiger partial charge in [0.1, 0.15) is 5.69 Å². The second kappa shape index (κ2) is 6.92. The molecule has 0 spiro atoms. The molecule has 1 amide bonds. The second-order valence-electron chi connectivity index (χ2n) is 7.04. The molecule has 3 heterocycles. The van der Waals surface area contributed by atoms with Crippen molar-refractivity contribution in [2.24, 2.45) is 0 Å². The predicted molar refractivity (Wildman–Crippen MR) is 97.2 cm³/mol. The molecule has 7 nitrogen and oxygen atoms in total. The molecule has 136 valence electrons. The van der Waals surface area contributed by atoms with Gasteiger partial charge in [0.25, 0.3) is 11.5 Å². The summed E-state index contributed by atoms with van der Waals surface area (Å²) in [5, 5.41) is 0. The number of aromatic nitrogens is 2. The van der Waals surface area contributed by atoms with Crippen molar-refractivity contribution < 1.29 is 4.79 Å². The van der Waals surface area contributed by atoms with Gasteiger partial charge in [-0.05, 0) is 30.4 Å². The standard InChI is InChI=1S/C19H22N4O3/c24-17-10-16(20-19(26)21-17)18(25)23-8-3-6-15(12-23)22-9-7-13-4-1-2-5-14(13)11-22/h1-2,4-5,10,15H,3,6-9,11-12H2,(H2,20,21,24,26)/t15-/m0/s1. The summed E-state index contributed by atoms with van der Waals surface area (Å²) in [7, 11) is 0. The van der Waals surface area contributed by atoms with E-state index >= 15 is 0 Å². The van der Waals surface area contributed by atoms with E-state index in [1.807, 2.05) is 0 Å². The highest BCUT2D eigenvalue weighted by molar-refractivity contribution is 5.92. The number of carbonyl (C=O) groups is 1. The Labute approximate surface area is 150 Å². The van der Waals surface area contributed by atoms with Gasteiger partial charge in [0.15, 0.2) is 0 Å². The van der Waals surface area contributed by atoms with Crippen LogP contribution in [-0.2, 0) is 13.0 Å². The molecular weight excluding hydrogens is 332 g/mol. The molecule has 2 N–H and O–H groups in total. The van der Waals surface area contributed by atoms with Gasteiger partial charge in [-0.2, -0.15) is 0 Å². The summed E-state index contributed by atoms with van der Waals surface area (Å²) in [4.78, 5) is 44.3. The third-order valence-corrected chi connectivity index (χ3v) is 5.35. The SMILES string of the molecule is O=C(c1cc(=O)[nH]c(=O)[nH]1)N1CCC[C@H](N2CCc3ccccc3C2)C1. The molecule has 2 aliphatic rings. The lowest BCUT2D eigenvalue weighted by molar-refractivity contribution is 0.0543. The fourth-order valence-electron chi connectivity index (χ4n) is 4.02. The molecule has 1 fully saturated rings. The number of carbonyl (C=O) groups excluding carboxylic acids is 1. The van der Waals surface area contributed by atoms with Crippen LogP contribution in [-0.4, -0.2) is 51.4 Å². The maximum Gasteiger partial charge on any atom is 0.326 e. The molecule has 0 radical (unpaired) electrons. The van der Waals surface area contributed by atoms with Gasteiger partial charge < -0.3 is 9.88 Å². The van der Waals surface area contributed by atoms with E-state index in [4.69, 9.17) is 0 Å². The van der Waals surface area contributed by atoms with Gasteiger partial charge in [0.2, 0.25) is 0 Å². The summed E-state index contributed by atoms with van der Waals surface area (Å²) in [6.45, 7) is 3.17. The predicted octanol–water partition coefficient (Wildman–Crippen LogP) is 0.726. The van der Waals surface area contributed by atoms with Crippen LogP contribution < -0.4 is 11.2 Å². The van der Waals surface area contributed by atoms with Crippen molar-refractivity contribution in [1.29, 1.82) is 0 Å². The van der Waals surface area contributed by atoms with E-state index in [0.717, 1.165) is 38.4 Å². The first-order chi connectivity index (χ1) is 12.6. The summed E-state index contributed by atoms with van der Waals surface area (Å²) >= 11 is 0. The zero-order valence-corrected chi connectivity index (χ0v) is 14.5. The first-order valence-corrected chi connectivity index (χ1v) is 9.04. The smallest absolute Gasteiger partial charge is 0.326 e. The lowest BCUT2D eigenvalue weighted by Gasteiger charge is -2.41. The van der Waals surface area contributed by atoms with E-state index in [1.54, 1.807) is 4.90 Å². The summed E-state index contributed by atoms with van der Waals surface area (Å²) in [5.74, 6) is -0.282. The molecule has 2 aliphatic heterocycles. The summed E-state index contributed by atoms with van der Waals surface area (Å²) in [6.07, 6.45) is 3.00. The van der Waals surface area contributed by atoms with Crippen molar-refractivity contribution in [1.82, 2.24) is 19.8 Å². The van der Waals surface area contributed by atoms with E-state index in [-0.39, 0.29) is 11.6 Å². The number of fused-ring (bicyclic) bond motifs is 1. The minimum absolute atomic E-state index is 0.0587. The molecule has 1 aromatic carbocycles. The molecular formula is C19H22N4O3. The highest BCUT2D eigenvalue weighted by atomic mass is 16.2. The number of piperidine rings is 1. The average molecular weight is 354 g/mol. The minimum atomic E-state index is -0.651. The third kappa shape index (κ3) is 3.35. The van der Waals surface area contributed by atoms with Crippen molar-refractivity contribution in [3.8, 4) is 0 Å². The Balaban J connectivity index is 1.48. The van der Waals surface area contributed by atoms with Gasteiger partial charge in [-0.15, -0.1) is 0 Å². The van der Waals surface area contributed by atoms with Crippen LogP contribution in [0.5, 0.6) is 0 Å². The minimum Gasteiger partial charge on any atom is -0.336 e. The van der Waals surface area contributed by atoms with Crippen LogP contribution in [0.4, 0.5) is 0 Å². The molecule has 0 saturated carbocycles. The summed E-state index contributed by atoms with van der Waals surface area (Å²) in [6, 6.07) is 9.97. The van der Waals surface area contributed by atoms with Gasteiger partial charge in [0, 0.05) is 38.3 Å². The number of benzene rings is 1. The van der Waals surface area contributed by atoms with Crippen molar-refractivity contribution >= 4 is 5.91 Å². The van der Waals surface area contributed by atoms with E-state index in [1.165, 1.54) is 11.1 Å². The number of aromatic amines is 2. The number of hydrogen-bond acceptors (Lipinski definition) is 4. The number of rotatable bonds is 2. The number of amides is 1. The second-order valence-corrected chi connectivity index (χ2v) is 7.04.